The van der Waals surface area contributed by atoms with E-state index in [0.717, 1.165) is 5.56 Å². The number of aromatic nitrogens is 2. The maximum atomic E-state index is 5.72. The van der Waals surface area contributed by atoms with Gasteiger partial charge in [0.2, 0.25) is 0 Å². The van der Waals surface area contributed by atoms with Gasteiger partial charge < -0.3 is 0 Å². The molecule has 0 fully saturated rings. The van der Waals surface area contributed by atoms with Crippen LogP contribution in [0.15, 0.2) is 59.0 Å². The van der Waals surface area contributed by atoms with Gasteiger partial charge in [-0.3, -0.25) is 0 Å². The molecule has 0 bridgehead atoms. The van der Waals surface area contributed by atoms with Gasteiger partial charge in [-0.2, -0.15) is 0 Å². The SMILES string of the molecule is Cc1ccc(-c2nnc([Se]c3ccccc3)o2)cc1. The minimum absolute atomic E-state index is 0.0667. The van der Waals surface area contributed by atoms with Gasteiger partial charge in [-0.05, 0) is 0 Å². The summed E-state index contributed by atoms with van der Waals surface area (Å²) in [6.45, 7) is 2.06. The fourth-order valence-electron chi connectivity index (χ4n) is 1.65. The topological polar surface area (TPSA) is 38.9 Å². The van der Waals surface area contributed by atoms with Crippen molar-refractivity contribution >= 4 is 24.2 Å². The molecule has 0 aliphatic heterocycles. The molecule has 3 nitrogen and oxygen atoms in total. The number of nitrogens with zero attached hydrogens (tertiary/aromatic N) is 2. The number of benzene rings is 2. The van der Waals surface area contributed by atoms with Crippen LogP contribution in [0.5, 0.6) is 0 Å². The molecule has 0 aliphatic carbocycles. The number of rotatable bonds is 3. The summed E-state index contributed by atoms with van der Waals surface area (Å²) >= 11 is 0.0667. The maximum absolute atomic E-state index is 5.72. The molecule has 1 aromatic heterocycles. The molecule has 0 aliphatic rings. The van der Waals surface area contributed by atoms with Crippen molar-refractivity contribution in [3.8, 4) is 11.5 Å². The van der Waals surface area contributed by atoms with Crippen molar-refractivity contribution in [1.82, 2.24) is 10.2 Å². The first-order valence-corrected chi connectivity index (χ1v) is 7.66. The second-order valence-electron chi connectivity index (χ2n) is 4.15. The summed E-state index contributed by atoms with van der Waals surface area (Å²) in [6.07, 6.45) is 0. The van der Waals surface area contributed by atoms with Crippen LogP contribution in [-0.2, 0) is 0 Å². The van der Waals surface area contributed by atoms with Crippen molar-refractivity contribution in [3.63, 3.8) is 0 Å². The van der Waals surface area contributed by atoms with E-state index in [1.54, 1.807) is 0 Å². The molecule has 0 saturated carbocycles. The molecular formula is C15H12N2OSe. The standard InChI is InChI=1S/C15H12N2OSe/c1-11-7-9-12(10-8-11)14-16-17-15(18-14)19-13-5-3-2-4-6-13/h2-10H,1H3. The second kappa shape index (κ2) is 5.39. The molecule has 0 unspecified atom stereocenters. The minimum atomic E-state index is 0.0667. The van der Waals surface area contributed by atoms with Crippen LogP contribution in [0.25, 0.3) is 11.5 Å². The fourth-order valence-corrected chi connectivity index (χ4v) is 3.12. The summed E-state index contributed by atoms with van der Waals surface area (Å²) < 4.78 is 6.95. The molecule has 0 N–H and O–H groups in total. The van der Waals surface area contributed by atoms with Crippen LogP contribution >= 0.6 is 0 Å². The van der Waals surface area contributed by atoms with Crippen LogP contribution in [-0.4, -0.2) is 25.2 Å². The molecular weight excluding hydrogens is 303 g/mol. The normalized spacial score (nSPS) is 10.6. The summed E-state index contributed by atoms with van der Waals surface area (Å²) in [5.74, 6) is 0.591. The summed E-state index contributed by atoms with van der Waals surface area (Å²) in [6, 6.07) is 18.3. The van der Waals surface area contributed by atoms with E-state index in [9.17, 15) is 0 Å². The summed E-state index contributed by atoms with van der Waals surface area (Å²) in [5, 5.41) is 8.23. The zero-order valence-corrected chi connectivity index (χ0v) is 12.1. The molecule has 4 heteroatoms. The molecule has 3 aromatic rings. The van der Waals surface area contributed by atoms with Gasteiger partial charge in [0.15, 0.2) is 0 Å². The number of aryl methyl sites for hydroxylation is 1. The molecule has 94 valence electrons. The Hall–Kier alpha value is -1.90. The van der Waals surface area contributed by atoms with Crippen LogP contribution in [0.2, 0.25) is 0 Å². The van der Waals surface area contributed by atoms with Gasteiger partial charge in [0.05, 0.1) is 0 Å². The van der Waals surface area contributed by atoms with Crippen molar-refractivity contribution in [1.29, 1.82) is 0 Å². The van der Waals surface area contributed by atoms with Crippen molar-refractivity contribution in [2.75, 3.05) is 0 Å². The Bertz CT molecular complexity index is 662. The van der Waals surface area contributed by atoms with Crippen molar-refractivity contribution in [2.24, 2.45) is 0 Å². The zero-order chi connectivity index (χ0) is 13.1. The van der Waals surface area contributed by atoms with Crippen molar-refractivity contribution < 1.29 is 4.42 Å². The first-order chi connectivity index (χ1) is 9.31. The van der Waals surface area contributed by atoms with Gasteiger partial charge in [-0.15, -0.1) is 0 Å². The van der Waals surface area contributed by atoms with E-state index in [1.807, 2.05) is 42.5 Å². The Morgan fingerprint density at radius 1 is 0.895 bits per heavy atom. The Morgan fingerprint density at radius 3 is 2.37 bits per heavy atom. The Morgan fingerprint density at radius 2 is 1.63 bits per heavy atom. The Labute approximate surface area is 117 Å². The van der Waals surface area contributed by atoms with Crippen molar-refractivity contribution in [2.45, 2.75) is 6.92 Å². The van der Waals surface area contributed by atoms with E-state index in [2.05, 4.69) is 29.3 Å². The molecule has 1 heterocycles. The van der Waals surface area contributed by atoms with Gasteiger partial charge in [0, 0.05) is 0 Å². The van der Waals surface area contributed by atoms with Gasteiger partial charge in [0.25, 0.3) is 0 Å². The average Bonchev–Trinajstić information content (AvgIpc) is 2.89. The molecule has 0 radical (unpaired) electrons. The van der Waals surface area contributed by atoms with E-state index in [-0.39, 0.29) is 15.0 Å². The van der Waals surface area contributed by atoms with Gasteiger partial charge in [-0.25, -0.2) is 0 Å². The van der Waals surface area contributed by atoms with E-state index >= 15 is 0 Å². The molecule has 3 rings (SSSR count). The van der Waals surface area contributed by atoms with E-state index < -0.39 is 0 Å². The fraction of sp³-hybridized carbons (Fsp3) is 0.0667. The third kappa shape index (κ3) is 2.92. The molecule has 0 atom stereocenters. The third-order valence-electron chi connectivity index (χ3n) is 2.65. The first kappa shape index (κ1) is 12.1. The monoisotopic (exact) mass is 316 g/mol. The van der Waals surface area contributed by atoms with Crippen LogP contribution in [0.4, 0.5) is 0 Å². The predicted molar refractivity (Wildman–Crippen MR) is 75.9 cm³/mol. The summed E-state index contributed by atoms with van der Waals surface area (Å²) in [4.78, 5) is 0.703. The third-order valence-corrected chi connectivity index (χ3v) is 4.43. The average molecular weight is 315 g/mol. The molecule has 19 heavy (non-hydrogen) atoms. The van der Waals surface area contributed by atoms with Gasteiger partial charge in [-0.1, -0.05) is 0 Å². The number of hydrogen-bond acceptors (Lipinski definition) is 3. The van der Waals surface area contributed by atoms with Crippen LogP contribution in [0, 0.1) is 6.92 Å². The number of hydrogen-bond donors (Lipinski definition) is 0. The molecule has 0 saturated heterocycles. The molecule has 0 amide bonds. The van der Waals surface area contributed by atoms with E-state index in [0.29, 0.717) is 10.7 Å². The summed E-state index contributed by atoms with van der Waals surface area (Å²) in [5.41, 5.74) is 2.19. The molecule has 0 spiro atoms. The second-order valence-corrected chi connectivity index (χ2v) is 6.30. The molecule has 2 aromatic carbocycles. The van der Waals surface area contributed by atoms with Crippen LogP contribution in [0.3, 0.4) is 0 Å². The van der Waals surface area contributed by atoms with Crippen molar-refractivity contribution in [3.05, 3.63) is 60.2 Å². The van der Waals surface area contributed by atoms with Crippen LogP contribution in [0.1, 0.15) is 5.56 Å². The van der Waals surface area contributed by atoms with E-state index in [4.69, 9.17) is 4.42 Å². The zero-order valence-electron chi connectivity index (χ0n) is 10.4. The van der Waals surface area contributed by atoms with E-state index in [1.165, 1.54) is 10.0 Å². The predicted octanol–water partition coefficient (Wildman–Crippen LogP) is 1.70. The first-order valence-electron chi connectivity index (χ1n) is 5.95. The van der Waals surface area contributed by atoms with Gasteiger partial charge in [0.1, 0.15) is 0 Å². The quantitative estimate of drug-likeness (QED) is 0.691. The van der Waals surface area contributed by atoms with Gasteiger partial charge >= 0.3 is 117 Å². The van der Waals surface area contributed by atoms with Crippen LogP contribution < -0.4 is 9.25 Å². The Kier molecular flexibility index (Phi) is 3.45. The summed E-state index contributed by atoms with van der Waals surface area (Å²) in [7, 11) is 0. The Balaban J connectivity index is 1.82.